The largest absolute Gasteiger partial charge is 0.369 e. The average molecular weight is 643 g/mol. The fraction of sp³-hybridized carbons (Fsp3) is 0.696. The molecule has 1 aliphatic rings. The van der Waals surface area contributed by atoms with Crippen molar-refractivity contribution >= 4 is 16.8 Å². The number of hydrogen-bond acceptors (Lipinski definition) is 1. The van der Waals surface area contributed by atoms with Gasteiger partial charge in [-0.25, -0.2) is 0 Å². The predicted molar refractivity (Wildman–Crippen MR) is 210 cm³/mol. The smallest absolute Gasteiger partial charge is 0.105 e. The Kier molecular flexibility index (Phi) is 20.5. The van der Waals surface area contributed by atoms with E-state index in [9.17, 15) is 0 Å². The zero-order chi connectivity index (χ0) is 33.5. The Bertz CT molecular complexity index is 1140. The summed E-state index contributed by atoms with van der Waals surface area (Å²) in [7, 11) is 0. The maximum Gasteiger partial charge on any atom is 0.105 e. The fourth-order valence-electron chi connectivity index (χ4n) is 7.89. The molecule has 0 aliphatic heterocycles. The van der Waals surface area contributed by atoms with Crippen LogP contribution in [0.4, 0.5) is 0 Å². The standard InChI is InChI=1S/C46H74O/c1-6-9-12-14-16-21-29-40(30-22-17-15-13-10-7-2)31-26-28-38(4)27-20-18-19-25-35-47-46-42(32-11-8-3)37-44-39(5)36-41-33-23-24-34-43(41)45(44)46/h23-24,33-34,36-37,40,46H,4,6-22,25-32,35H2,1-3,5H3. The first kappa shape index (κ1) is 39.6. The van der Waals surface area contributed by atoms with Crippen LogP contribution in [0.1, 0.15) is 204 Å². The summed E-state index contributed by atoms with van der Waals surface area (Å²) in [5.41, 5.74) is 7.19. The topological polar surface area (TPSA) is 9.23 Å². The van der Waals surface area contributed by atoms with E-state index < -0.39 is 0 Å². The van der Waals surface area contributed by atoms with Crippen LogP contribution < -0.4 is 0 Å². The van der Waals surface area contributed by atoms with E-state index in [0.717, 1.165) is 25.4 Å². The van der Waals surface area contributed by atoms with E-state index >= 15 is 0 Å². The van der Waals surface area contributed by atoms with E-state index in [1.54, 1.807) is 0 Å². The minimum Gasteiger partial charge on any atom is -0.369 e. The lowest BCUT2D eigenvalue weighted by atomic mass is 9.89. The van der Waals surface area contributed by atoms with E-state index in [-0.39, 0.29) is 6.10 Å². The first-order chi connectivity index (χ1) is 23.1. The molecule has 1 heteroatoms. The van der Waals surface area contributed by atoms with Gasteiger partial charge in [-0.15, -0.1) is 0 Å². The highest BCUT2D eigenvalue weighted by Gasteiger charge is 2.28. The van der Waals surface area contributed by atoms with E-state index in [4.69, 9.17) is 4.74 Å². The predicted octanol–water partition coefficient (Wildman–Crippen LogP) is 15.6. The van der Waals surface area contributed by atoms with Gasteiger partial charge >= 0.3 is 0 Å². The van der Waals surface area contributed by atoms with Crippen molar-refractivity contribution in [2.75, 3.05) is 6.61 Å². The van der Waals surface area contributed by atoms with Crippen molar-refractivity contribution in [3.05, 3.63) is 64.7 Å². The van der Waals surface area contributed by atoms with Gasteiger partial charge in [-0.1, -0.05) is 185 Å². The molecule has 0 fully saturated rings. The normalized spacial score (nSPS) is 14.3. The van der Waals surface area contributed by atoms with Gasteiger partial charge in [0.1, 0.15) is 6.10 Å². The highest BCUT2D eigenvalue weighted by molar-refractivity contribution is 5.93. The van der Waals surface area contributed by atoms with Crippen LogP contribution in [0.5, 0.6) is 0 Å². The molecule has 1 aliphatic carbocycles. The van der Waals surface area contributed by atoms with Crippen molar-refractivity contribution in [2.45, 2.75) is 194 Å². The molecule has 3 rings (SSSR count). The first-order valence-electron chi connectivity index (χ1n) is 20.6. The van der Waals surface area contributed by atoms with Crippen LogP contribution in [0.3, 0.4) is 0 Å². The molecule has 0 radical (unpaired) electrons. The molecule has 0 N–H and O–H groups in total. The molecule has 264 valence electrons. The highest BCUT2D eigenvalue weighted by atomic mass is 16.5. The van der Waals surface area contributed by atoms with E-state index in [0.29, 0.717) is 0 Å². The lowest BCUT2D eigenvalue weighted by molar-refractivity contribution is 0.0751. The molecule has 0 saturated carbocycles. The Morgan fingerprint density at radius 1 is 0.681 bits per heavy atom. The van der Waals surface area contributed by atoms with E-state index in [1.807, 2.05) is 0 Å². The van der Waals surface area contributed by atoms with Crippen LogP contribution >= 0.6 is 0 Å². The summed E-state index contributed by atoms with van der Waals surface area (Å²) < 4.78 is 6.72. The van der Waals surface area contributed by atoms with Gasteiger partial charge in [0, 0.05) is 12.2 Å². The quantitative estimate of drug-likeness (QED) is 0.0634. The van der Waals surface area contributed by atoms with Crippen LogP contribution in [0.15, 0.2) is 48.1 Å². The minimum atomic E-state index is 0.132. The zero-order valence-corrected chi connectivity index (χ0v) is 31.6. The van der Waals surface area contributed by atoms with Crippen LogP contribution in [0.25, 0.3) is 16.8 Å². The summed E-state index contributed by atoms with van der Waals surface area (Å²) >= 11 is 0. The van der Waals surface area contributed by atoms with Crippen molar-refractivity contribution in [3.63, 3.8) is 0 Å². The number of aryl methyl sites for hydroxylation is 1. The molecule has 0 amide bonds. The molecular formula is C46H74O. The maximum atomic E-state index is 6.72. The molecule has 1 unspecified atom stereocenters. The average Bonchev–Trinajstić information content (AvgIpc) is 3.45. The number of ether oxygens (including phenoxy) is 1. The molecule has 0 spiro atoms. The van der Waals surface area contributed by atoms with Gasteiger partial charge in [-0.05, 0) is 85.3 Å². The summed E-state index contributed by atoms with van der Waals surface area (Å²) in [6, 6.07) is 11.2. The second-order valence-electron chi connectivity index (χ2n) is 15.1. The SMILES string of the molecule is C=C(CCCCCCOC1C(CCCC)=Cc2c(C)cc3ccccc3c21)CCCC(CCCCCCCC)CCCCCCCC. The number of allylic oxidation sites excluding steroid dienone is 1. The second kappa shape index (κ2) is 24.3. The van der Waals surface area contributed by atoms with Gasteiger partial charge in [-0.2, -0.15) is 0 Å². The van der Waals surface area contributed by atoms with Crippen LogP contribution in [-0.4, -0.2) is 6.61 Å². The number of fused-ring (bicyclic) bond motifs is 3. The molecule has 1 atom stereocenters. The summed E-state index contributed by atoms with van der Waals surface area (Å²) in [4.78, 5) is 0. The molecule has 47 heavy (non-hydrogen) atoms. The number of unbranched alkanes of at least 4 members (excludes halogenated alkanes) is 14. The Morgan fingerprint density at radius 3 is 1.96 bits per heavy atom. The van der Waals surface area contributed by atoms with Gasteiger partial charge in [0.2, 0.25) is 0 Å². The lowest BCUT2D eigenvalue weighted by Crippen LogP contribution is -2.07. The van der Waals surface area contributed by atoms with Gasteiger partial charge in [0.25, 0.3) is 0 Å². The minimum absolute atomic E-state index is 0.132. The molecule has 0 aromatic heterocycles. The Labute approximate surface area is 292 Å². The molecule has 2 aromatic carbocycles. The maximum absolute atomic E-state index is 6.72. The van der Waals surface area contributed by atoms with E-state index in [2.05, 4.69) is 70.7 Å². The zero-order valence-electron chi connectivity index (χ0n) is 31.6. The number of benzene rings is 2. The summed E-state index contributed by atoms with van der Waals surface area (Å²) in [6.45, 7) is 14.6. The van der Waals surface area contributed by atoms with Crippen molar-refractivity contribution in [1.82, 2.24) is 0 Å². The molecule has 0 heterocycles. The summed E-state index contributed by atoms with van der Waals surface area (Å²) in [6.07, 6.45) is 36.5. The van der Waals surface area contributed by atoms with Gasteiger partial charge < -0.3 is 4.74 Å². The number of hydrogen-bond donors (Lipinski definition) is 0. The second-order valence-corrected chi connectivity index (χ2v) is 15.1. The third kappa shape index (κ3) is 14.7. The molecule has 0 saturated heterocycles. The summed E-state index contributed by atoms with van der Waals surface area (Å²) in [5.74, 6) is 0.950. The lowest BCUT2D eigenvalue weighted by Gasteiger charge is -2.20. The Hall–Kier alpha value is -1.86. The van der Waals surface area contributed by atoms with Gasteiger partial charge in [-0.3, -0.25) is 0 Å². The van der Waals surface area contributed by atoms with Crippen LogP contribution in [0.2, 0.25) is 0 Å². The van der Waals surface area contributed by atoms with Gasteiger partial charge in [0.15, 0.2) is 0 Å². The van der Waals surface area contributed by atoms with Gasteiger partial charge in [0.05, 0.1) is 0 Å². The van der Waals surface area contributed by atoms with E-state index in [1.165, 1.54) is 186 Å². The number of rotatable bonds is 29. The van der Waals surface area contributed by atoms with Crippen molar-refractivity contribution < 1.29 is 4.74 Å². The molecule has 0 bridgehead atoms. The van der Waals surface area contributed by atoms with Crippen molar-refractivity contribution in [3.8, 4) is 0 Å². The third-order valence-corrected chi connectivity index (χ3v) is 10.9. The monoisotopic (exact) mass is 643 g/mol. The third-order valence-electron chi connectivity index (χ3n) is 10.9. The summed E-state index contributed by atoms with van der Waals surface area (Å²) in [5, 5.41) is 2.71. The van der Waals surface area contributed by atoms with Crippen LogP contribution in [-0.2, 0) is 4.74 Å². The fourth-order valence-corrected chi connectivity index (χ4v) is 7.89. The van der Waals surface area contributed by atoms with Crippen molar-refractivity contribution in [1.29, 1.82) is 0 Å². The highest BCUT2D eigenvalue weighted by Crippen LogP contribution is 2.44. The van der Waals surface area contributed by atoms with Crippen LogP contribution in [0, 0.1) is 12.8 Å². The first-order valence-corrected chi connectivity index (χ1v) is 20.6. The Morgan fingerprint density at radius 2 is 1.26 bits per heavy atom. The van der Waals surface area contributed by atoms with Crippen molar-refractivity contribution in [2.24, 2.45) is 5.92 Å². The Balaban J connectivity index is 1.33. The molecule has 1 nitrogen and oxygen atoms in total. The molecular weight excluding hydrogens is 569 g/mol. The molecule has 2 aromatic rings.